The second-order valence-corrected chi connectivity index (χ2v) is 9.16. The number of amides is 2. The van der Waals surface area contributed by atoms with Crippen LogP contribution in [-0.2, 0) is 16.1 Å². The van der Waals surface area contributed by atoms with Gasteiger partial charge in [-0.15, -0.1) is 0 Å². The lowest BCUT2D eigenvalue weighted by molar-refractivity contribution is -0.125. The Bertz CT molecular complexity index is 924. The van der Waals surface area contributed by atoms with Gasteiger partial charge in [0.25, 0.3) is 0 Å². The zero-order valence-corrected chi connectivity index (χ0v) is 19.1. The van der Waals surface area contributed by atoms with Crippen molar-refractivity contribution in [3.8, 4) is 5.75 Å². The van der Waals surface area contributed by atoms with Crippen LogP contribution in [-0.4, -0.2) is 42.7 Å². The molecule has 1 aliphatic rings. The van der Waals surface area contributed by atoms with Crippen LogP contribution in [0, 0.1) is 5.92 Å². The number of nitrogens with zero attached hydrogens (tertiary/aromatic N) is 1. The maximum atomic E-state index is 13.1. The summed E-state index contributed by atoms with van der Waals surface area (Å²) in [5.41, 5.74) is 1.31. The van der Waals surface area contributed by atoms with Gasteiger partial charge in [0.1, 0.15) is 11.4 Å². The Morgan fingerprint density at radius 1 is 1.13 bits per heavy atom. The van der Waals surface area contributed by atoms with Gasteiger partial charge < -0.3 is 19.7 Å². The van der Waals surface area contributed by atoms with Crippen LogP contribution in [0.4, 0.5) is 4.79 Å². The van der Waals surface area contributed by atoms with Gasteiger partial charge in [-0.25, -0.2) is 4.79 Å². The number of methoxy groups -OCH3 is 1. The lowest BCUT2D eigenvalue weighted by atomic mass is 9.88. The number of rotatable bonds is 5. The van der Waals surface area contributed by atoms with E-state index in [1.807, 2.05) is 57.2 Å². The molecule has 6 nitrogen and oxygen atoms in total. The van der Waals surface area contributed by atoms with Crippen LogP contribution in [0.3, 0.4) is 0 Å². The summed E-state index contributed by atoms with van der Waals surface area (Å²) in [6, 6.07) is 15.0. The molecule has 2 atom stereocenters. The normalized spacial score (nSPS) is 18.5. The first-order valence-electron chi connectivity index (χ1n) is 10.3. The molecule has 0 aromatic heterocycles. The van der Waals surface area contributed by atoms with Crippen molar-refractivity contribution < 1.29 is 19.1 Å². The lowest BCUT2D eigenvalue weighted by Crippen LogP contribution is -2.37. The number of hydrogen-bond acceptors (Lipinski definition) is 4. The summed E-state index contributed by atoms with van der Waals surface area (Å²) in [5, 5.41) is 3.64. The predicted molar refractivity (Wildman–Crippen MR) is 120 cm³/mol. The van der Waals surface area contributed by atoms with Gasteiger partial charge in [0.05, 0.1) is 13.0 Å². The molecule has 166 valence electrons. The van der Waals surface area contributed by atoms with Gasteiger partial charge in [-0.05, 0) is 56.2 Å². The van der Waals surface area contributed by atoms with Crippen LogP contribution in [0.2, 0.25) is 5.02 Å². The summed E-state index contributed by atoms with van der Waals surface area (Å²) in [4.78, 5) is 27.4. The molecule has 1 heterocycles. The first kappa shape index (κ1) is 22.9. The van der Waals surface area contributed by atoms with Gasteiger partial charge in [-0.2, -0.15) is 0 Å². The van der Waals surface area contributed by atoms with Gasteiger partial charge >= 0.3 is 6.09 Å². The summed E-state index contributed by atoms with van der Waals surface area (Å²) in [6.45, 7) is 6.58. The van der Waals surface area contributed by atoms with Gasteiger partial charge in [0.15, 0.2) is 0 Å². The third-order valence-corrected chi connectivity index (χ3v) is 5.46. The molecule has 1 unspecified atom stereocenters. The van der Waals surface area contributed by atoms with Crippen LogP contribution in [0.25, 0.3) is 0 Å². The number of likely N-dealkylation sites (tertiary alicyclic amines) is 1. The summed E-state index contributed by atoms with van der Waals surface area (Å²) >= 11 is 6.04. The minimum Gasteiger partial charge on any atom is -0.497 e. The highest BCUT2D eigenvalue weighted by atomic mass is 35.5. The second kappa shape index (κ2) is 9.60. The highest BCUT2D eigenvalue weighted by Crippen LogP contribution is 2.34. The minimum absolute atomic E-state index is 0.103. The van der Waals surface area contributed by atoms with Crippen molar-refractivity contribution in [1.29, 1.82) is 0 Å². The predicted octanol–water partition coefficient (Wildman–Crippen LogP) is 4.62. The molecule has 31 heavy (non-hydrogen) atoms. The number of carbonyl (C=O) groups excluding carboxylic acids is 2. The molecule has 2 aromatic rings. The van der Waals surface area contributed by atoms with E-state index in [1.165, 1.54) is 0 Å². The highest BCUT2D eigenvalue weighted by molar-refractivity contribution is 6.30. The van der Waals surface area contributed by atoms with E-state index >= 15 is 0 Å². The van der Waals surface area contributed by atoms with Gasteiger partial charge in [0.2, 0.25) is 5.91 Å². The van der Waals surface area contributed by atoms with Crippen LogP contribution in [0.15, 0.2) is 48.5 Å². The maximum absolute atomic E-state index is 13.1. The number of benzene rings is 2. The molecule has 2 amide bonds. The molecular formula is C24H29ClN2O4. The maximum Gasteiger partial charge on any atom is 0.410 e. The fourth-order valence-electron chi connectivity index (χ4n) is 3.70. The molecule has 1 saturated heterocycles. The minimum atomic E-state index is -0.598. The Labute approximate surface area is 188 Å². The second-order valence-electron chi connectivity index (χ2n) is 8.72. The van der Waals surface area contributed by atoms with Crippen molar-refractivity contribution in [2.75, 3.05) is 20.2 Å². The van der Waals surface area contributed by atoms with Crippen LogP contribution >= 0.6 is 11.6 Å². The number of ether oxygens (including phenoxy) is 2. The quantitative estimate of drug-likeness (QED) is 0.730. The summed E-state index contributed by atoms with van der Waals surface area (Å²) in [5.74, 6) is 0.103. The SMILES string of the molecule is COc1cccc(CNC(=O)C2CN(C(=O)OC(C)(C)C)C[C@H]2c2ccc(Cl)cc2)c1. The van der Waals surface area contributed by atoms with Crippen molar-refractivity contribution in [3.05, 3.63) is 64.7 Å². The Balaban J connectivity index is 1.75. The molecule has 0 bridgehead atoms. The molecule has 2 aromatic carbocycles. The van der Waals surface area contributed by atoms with E-state index < -0.39 is 11.7 Å². The van der Waals surface area contributed by atoms with Crippen molar-refractivity contribution in [2.45, 2.75) is 38.8 Å². The molecule has 1 fully saturated rings. The van der Waals surface area contributed by atoms with E-state index in [9.17, 15) is 9.59 Å². The first-order valence-corrected chi connectivity index (χ1v) is 10.7. The van der Waals surface area contributed by atoms with E-state index in [-0.39, 0.29) is 17.7 Å². The molecule has 0 saturated carbocycles. The Morgan fingerprint density at radius 2 is 1.84 bits per heavy atom. The van der Waals surface area contributed by atoms with Crippen LogP contribution in [0.5, 0.6) is 5.75 Å². The van der Waals surface area contributed by atoms with E-state index in [1.54, 1.807) is 24.1 Å². The molecule has 0 aliphatic carbocycles. The Kier molecular flexibility index (Phi) is 7.11. The zero-order valence-electron chi connectivity index (χ0n) is 18.4. The van der Waals surface area contributed by atoms with E-state index in [4.69, 9.17) is 21.1 Å². The fraction of sp³-hybridized carbons (Fsp3) is 0.417. The average Bonchev–Trinajstić information content (AvgIpc) is 3.17. The van der Waals surface area contributed by atoms with E-state index in [0.717, 1.165) is 16.9 Å². The topological polar surface area (TPSA) is 67.9 Å². The number of carbonyl (C=O) groups is 2. The molecule has 7 heteroatoms. The van der Waals surface area contributed by atoms with Crippen LogP contribution in [0.1, 0.15) is 37.8 Å². The lowest BCUT2D eigenvalue weighted by Gasteiger charge is -2.24. The Morgan fingerprint density at radius 3 is 2.48 bits per heavy atom. The highest BCUT2D eigenvalue weighted by Gasteiger charge is 2.41. The van der Waals surface area contributed by atoms with Crippen molar-refractivity contribution >= 4 is 23.6 Å². The Hall–Kier alpha value is -2.73. The third kappa shape index (κ3) is 6.14. The van der Waals surface area contributed by atoms with Crippen LogP contribution < -0.4 is 10.1 Å². The molecule has 1 N–H and O–H groups in total. The van der Waals surface area contributed by atoms with Crippen molar-refractivity contribution in [3.63, 3.8) is 0 Å². The molecule has 3 rings (SSSR count). The molecule has 0 radical (unpaired) electrons. The number of halogens is 1. The van der Waals surface area contributed by atoms with E-state index in [2.05, 4.69) is 5.32 Å². The standard InChI is InChI=1S/C24H29ClN2O4/c1-24(2,3)31-23(29)27-14-20(17-8-10-18(25)11-9-17)21(15-27)22(28)26-13-16-6-5-7-19(12-16)30-4/h5-12,20-21H,13-15H2,1-4H3,(H,26,28)/t20-,21?/m0/s1. The monoisotopic (exact) mass is 444 g/mol. The first-order chi connectivity index (χ1) is 14.7. The zero-order chi connectivity index (χ0) is 22.6. The fourth-order valence-corrected chi connectivity index (χ4v) is 3.82. The molecule has 0 spiro atoms. The average molecular weight is 445 g/mol. The molecular weight excluding hydrogens is 416 g/mol. The van der Waals surface area contributed by atoms with Gasteiger partial charge in [0, 0.05) is 30.6 Å². The van der Waals surface area contributed by atoms with Crippen molar-refractivity contribution in [2.24, 2.45) is 5.92 Å². The smallest absolute Gasteiger partial charge is 0.410 e. The largest absolute Gasteiger partial charge is 0.497 e. The summed E-state index contributed by atoms with van der Waals surface area (Å²) < 4.78 is 10.8. The van der Waals surface area contributed by atoms with Gasteiger partial charge in [-0.3, -0.25) is 4.79 Å². The third-order valence-electron chi connectivity index (χ3n) is 5.21. The molecule has 1 aliphatic heterocycles. The number of nitrogens with one attached hydrogen (secondary N) is 1. The van der Waals surface area contributed by atoms with E-state index in [0.29, 0.717) is 24.7 Å². The summed E-state index contributed by atoms with van der Waals surface area (Å²) in [6.07, 6.45) is -0.408. The number of hydrogen-bond donors (Lipinski definition) is 1. The van der Waals surface area contributed by atoms with Crippen molar-refractivity contribution in [1.82, 2.24) is 10.2 Å². The van der Waals surface area contributed by atoms with Gasteiger partial charge in [-0.1, -0.05) is 35.9 Å². The summed E-state index contributed by atoms with van der Waals surface area (Å²) in [7, 11) is 1.61.